The number of anilines is 1. The van der Waals surface area contributed by atoms with E-state index in [-0.39, 0.29) is 23.8 Å². The molecule has 2 aromatic carbocycles. The molecule has 0 N–H and O–H groups in total. The van der Waals surface area contributed by atoms with E-state index in [1.165, 1.54) is 0 Å². The van der Waals surface area contributed by atoms with Crippen molar-refractivity contribution in [3.63, 3.8) is 0 Å². The Balaban J connectivity index is 1.55. The van der Waals surface area contributed by atoms with Gasteiger partial charge in [-0.3, -0.25) is 9.59 Å². The highest BCUT2D eigenvalue weighted by Crippen LogP contribution is 2.34. The van der Waals surface area contributed by atoms with Crippen molar-refractivity contribution in [1.82, 2.24) is 9.80 Å². The Morgan fingerprint density at radius 1 is 1.00 bits per heavy atom. The minimum absolute atomic E-state index is 0.0325. The summed E-state index contributed by atoms with van der Waals surface area (Å²) in [7, 11) is 1.84. The summed E-state index contributed by atoms with van der Waals surface area (Å²) in [5.74, 6) is -0.0555. The average molecular weight is 490 g/mol. The summed E-state index contributed by atoms with van der Waals surface area (Å²) in [4.78, 5) is 31.4. The van der Waals surface area contributed by atoms with Crippen LogP contribution in [0.25, 0.3) is 0 Å². The van der Waals surface area contributed by atoms with E-state index in [4.69, 9.17) is 27.9 Å². The van der Waals surface area contributed by atoms with Crippen molar-refractivity contribution in [2.45, 2.75) is 25.3 Å². The van der Waals surface area contributed by atoms with Gasteiger partial charge in [-0.05, 0) is 48.4 Å². The third kappa shape index (κ3) is 5.29. The maximum atomic E-state index is 13.4. The van der Waals surface area contributed by atoms with Crippen LogP contribution < -0.4 is 4.90 Å². The van der Waals surface area contributed by atoms with Gasteiger partial charge in [0, 0.05) is 63.4 Å². The Hall–Kier alpha value is -2.28. The van der Waals surface area contributed by atoms with Gasteiger partial charge in [-0.25, -0.2) is 0 Å². The molecule has 0 spiro atoms. The Kier molecular flexibility index (Phi) is 7.47. The summed E-state index contributed by atoms with van der Waals surface area (Å²) in [6.45, 7) is 5.88. The fourth-order valence-corrected chi connectivity index (χ4v) is 5.06. The van der Waals surface area contributed by atoms with Gasteiger partial charge < -0.3 is 19.4 Å². The maximum absolute atomic E-state index is 13.4. The third-order valence-corrected chi connectivity index (χ3v) is 7.44. The molecule has 2 saturated heterocycles. The van der Waals surface area contributed by atoms with E-state index >= 15 is 0 Å². The molecule has 6 nitrogen and oxygen atoms in total. The molecule has 0 aromatic heterocycles. The number of carbonyl (C=O) groups is 2. The molecule has 2 aliphatic heterocycles. The zero-order valence-corrected chi connectivity index (χ0v) is 20.5. The first-order valence-electron chi connectivity index (χ1n) is 11.3. The Bertz CT molecular complexity index is 1010. The topological polar surface area (TPSA) is 53.1 Å². The summed E-state index contributed by atoms with van der Waals surface area (Å²) in [5, 5.41) is 0.960. The van der Waals surface area contributed by atoms with Crippen LogP contribution in [-0.4, -0.2) is 74.1 Å². The lowest BCUT2D eigenvalue weighted by Gasteiger charge is -2.42. The zero-order chi connectivity index (χ0) is 23.5. The van der Waals surface area contributed by atoms with Crippen molar-refractivity contribution in [2.75, 3.05) is 51.3 Å². The van der Waals surface area contributed by atoms with Gasteiger partial charge in [0.1, 0.15) is 0 Å². The average Bonchev–Trinajstić information content (AvgIpc) is 2.85. The van der Waals surface area contributed by atoms with Crippen molar-refractivity contribution < 1.29 is 14.3 Å². The number of amides is 2. The third-order valence-electron chi connectivity index (χ3n) is 6.70. The van der Waals surface area contributed by atoms with Crippen LogP contribution in [0.2, 0.25) is 10.0 Å². The number of hydrogen-bond donors (Lipinski definition) is 0. The predicted molar refractivity (Wildman–Crippen MR) is 131 cm³/mol. The van der Waals surface area contributed by atoms with E-state index in [1.54, 1.807) is 13.0 Å². The largest absolute Gasteiger partial charge is 0.378 e. The highest BCUT2D eigenvalue weighted by molar-refractivity contribution is 6.42. The molecule has 0 saturated carbocycles. The summed E-state index contributed by atoms with van der Waals surface area (Å²) >= 11 is 12.4. The number of morpholine rings is 1. The van der Waals surface area contributed by atoms with Crippen molar-refractivity contribution in [2.24, 2.45) is 0 Å². The minimum atomic E-state index is -0.0655. The van der Waals surface area contributed by atoms with Gasteiger partial charge in [-0.1, -0.05) is 29.3 Å². The first kappa shape index (κ1) is 23.9. The molecule has 0 unspecified atom stereocenters. The highest BCUT2D eigenvalue weighted by atomic mass is 35.5. The van der Waals surface area contributed by atoms with Crippen LogP contribution in [0.1, 0.15) is 35.2 Å². The van der Waals surface area contributed by atoms with Crippen LogP contribution in [0, 0.1) is 0 Å². The second-order valence-electron chi connectivity index (χ2n) is 8.66. The Morgan fingerprint density at radius 3 is 2.33 bits per heavy atom. The van der Waals surface area contributed by atoms with Crippen LogP contribution in [0.3, 0.4) is 0 Å². The quantitative estimate of drug-likeness (QED) is 0.641. The molecule has 176 valence electrons. The lowest BCUT2D eigenvalue weighted by molar-refractivity contribution is -0.130. The van der Waals surface area contributed by atoms with E-state index in [9.17, 15) is 9.59 Å². The molecule has 33 heavy (non-hydrogen) atoms. The minimum Gasteiger partial charge on any atom is -0.378 e. The molecule has 2 amide bonds. The second kappa shape index (κ2) is 10.3. The molecule has 0 aliphatic carbocycles. The number of nitrogens with zero attached hydrogens (tertiary/aromatic N) is 3. The molecule has 8 heteroatoms. The lowest BCUT2D eigenvalue weighted by Crippen LogP contribution is -2.51. The number of carbonyl (C=O) groups excluding carboxylic acids is 2. The van der Waals surface area contributed by atoms with E-state index in [0.29, 0.717) is 35.1 Å². The molecule has 2 fully saturated rings. The molecule has 2 atom stereocenters. The van der Waals surface area contributed by atoms with Crippen molar-refractivity contribution in [1.29, 1.82) is 0 Å². The first-order chi connectivity index (χ1) is 15.8. The van der Waals surface area contributed by atoms with E-state index in [0.717, 1.165) is 37.6 Å². The number of piperidine rings is 1. The summed E-state index contributed by atoms with van der Waals surface area (Å²) in [6, 6.07) is 13.3. The molecule has 0 radical (unpaired) electrons. The number of ether oxygens (including phenoxy) is 1. The number of likely N-dealkylation sites (tertiary alicyclic amines) is 1. The van der Waals surface area contributed by atoms with Gasteiger partial charge in [-0.15, -0.1) is 0 Å². The van der Waals surface area contributed by atoms with E-state index < -0.39 is 0 Å². The SMILES string of the molecule is CC(=O)N1CC[C@@H](N(C)C(=O)c2ccc(N3CCOCC3)cc2)[C@H](c2ccc(Cl)c(Cl)c2)C1. The van der Waals surface area contributed by atoms with Crippen molar-refractivity contribution in [3.05, 3.63) is 63.6 Å². The summed E-state index contributed by atoms with van der Waals surface area (Å²) in [6.07, 6.45) is 0.693. The fraction of sp³-hybridized carbons (Fsp3) is 0.440. The smallest absolute Gasteiger partial charge is 0.253 e. The van der Waals surface area contributed by atoms with Crippen LogP contribution in [-0.2, 0) is 9.53 Å². The normalized spacial score (nSPS) is 21.1. The molecule has 4 rings (SSSR count). The van der Waals surface area contributed by atoms with Gasteiger partial charge in [0.15, 0.2) is 0 Å². The number of halogens is 2. The number of benzene rings is 2. The molecule has 0 bridgehead atoms. The van der Waals surface area contributed by atoms with Gasteiger partial charge in [-0.2, -0.15) is 0 Å². The number of hydrogen-bond acceptors (Lipinski definition) is 4. The van der Waals surface area contributed by atoms with Crippen molar-refractivity contribution in [3.8, 4) is 0 Å². The summed E-state index contributed by atoms with van der Waals surface area (Å²) in [5.41, 5.74) is 2.72. The van der Waals surface area contributed by atoms with Gasteiger partial charge in [0.05, 0.1) is 23.3 Å². The van der Waals surface area contributed by atoms with Gasteiger partial charge in [0.2, 0.25) is 5.91 Å². The van der Waals surface area contributed by atoms with Gasteiger partial charge in [0.25, 0.3) is 5.91 Å². The van der Waals surface area contributed by atoms with E-state index in [2.05, 4.69) is 4.90 Å². The fourth-order valence-electron chi connectivity index (χ4n) is 4.75. The Morgan fingerprint density at radius 2 is 1.70 bits per heavy atom. The molecular weight excluding hydrogens is 461 g/mol. The van der Waals surface area contributed by atoms with Crippen LogP contribution in [0.15, 0.2) is 42.5 Å². The molecule has 2 aromatic rings. The number of rotatable bonds is 4. The van der Waals surface area contributed by atoms with Crippen LogP contribution in [0.4, 0.5) is 5.69 Å². The standard InChI is InChI=1S/C25H29Cl2N3O3/c1-17(31)30-10-9-24(21(16-30)19-5-8-22(26)23(27)15-19)28(2)25(32)18-3-6-20(7-4-18)29-11-13-33-14-12-29/h3-8,15,21,24H,9-14,16H2,1-2H3/t21-,24+/m0/s1. The second-order valence-corrected chi connectivity index (χ2v) is 9.48. The first-order valence-corrected chi connectivity index (χ1v) is 12.0. The van der Waals surface area contributed by atoms with Gasteiger partial charge >= 0.3 is 0 Å². The highest BCUT2D eigenvalue weighted by Gasteiger charge is 2.36. The Labute approximate surface area is 205 Å². The van der Waals surface area contributed by atoms with Crippen LogP contribution >= 0.6 is 23.2 Å². The molecule has 2 aliphatic rings. The maximum Gasteiger partial charge on any atom is 0.253 e. The zero-order valence-electron chi connectivity index (χ0n) is 19.0. The monoisotopic (exact) mass is 489 g/mol. The summed E-state index contributed by atoms with van der Waals surface area (Å²) < 4.78 is 5.42. The molecular formula is C25H29Cl2N3O3. The van der Waals surface area contributed by atoms with E-state index in [1.807, 2.05) is 53.2 Å². The predicted octanol–water partition coefficient (Wildman–Crippen LogP) is 4.31. The molecule has 2 heterocycles. The van der Waals surface area contributed by atoms with Crippen molar-refractivity contribution >= 4 is 40.7 Å². The lowest BCUT2D eigenvalue weighted by atomic mass is 9.84. The number of likely N-dealkylation sites (N-methyl/N-ethyl adjacent to an activating group) is 1. The van der Waals surface area contributed by atoms with Crippen LogP contribution in [0.5, 0.6) is 0 Å².